The Labute approximate surface area is 174 Å². The van der Waals surface area contributed by atoms with Crippen LogP contribution in [0.2, 0.25) is 0 Å². The Morgan fingerprint density at radius 2 is 2.10 bits per heavy atom. The van der Waals surface area contributed by atoms with Crippen molar-refractivity contribution in [1.29, 1.82) is 0 Å². The van der Waals surface area contributed by atoms with Crippen LogP contribution >= 0.6 is 11.8 Å². The number of thioether (sulfide) groups is 1. The Morgan fingerprint density at radius 1 is 1.34 bits per heavy atom. The molecule has 7 heteroatoms. The lowest BCUT2D eigenvalue weighted by molar-refractivity contribution is -0.138. The molecular formula is C22H25N3O3S. The summed E-state index contributed by atoms with van der Waals surface area (Å²) in [7, 11) is 0. The van der Waals surface area contributed by atoms with Crippen molar-refractivity contribution in [2.24, 2.45) is 0 Å². The molecule has 0 amide bonds. The Kier molecular flexibility index (Phi) is 6.93. The summed E-state index contributed by atoms with van der Waals surface area (Å²) in [5.41, 5.74) is 2.04. The van der Waals surface area contributed by atoms with Gasteiger partial charge in [0.25, 0.3) is 5.56 Å². The first-order valence-corrected chi connectivity index (χ1v) is 10.6. The van der Waals surface area contributed by atoms with Gasteiger partial charge in [0, 0.05) is 11.4 Å². The number of ether oxygens (including phenoxy) is 1. The third-order valence-electron chi connectivity index (χ3n) is 4.64. The number of unbranched alkanes of at least 4 members (excludes halogenated alkanes) is 1. The highest BCUT2D eigenvalue weighted by Crippen LogP contribution is 2.40. The molecule has 0 spiro atoms. The fourth-order valence-electron chi connectivity index (χ4n) is 3.27. The van der Waals surface area contributed by atoms with E-state index in [2.05, 4.69) is 28.8 Å². The van der Waals surface area contributed by atoms with Gasteiger partial charge in [0.05, 0.1) is 17.1 Å². The number of nitrogens with zero attached hydrogens (tertiary/aromatic N) is 1. The van der Waals surface area contributed by atoms with Gasteiger partial charge in [-0.25, -0.2) is 9.78 Å². The molecule has 2 aromatic rings. The number of carbonyl (C=O) groups is 1. The summed E-state index contributed by atoms with van der Waals surface area (Å²) < 4.78 is 5.31. The van der Waals surface area contributed by atoms with E-state index in [1.807, 2.05) is 30.3 Å². The molecule has 1 aromatic carbocycles. The van der Waals surface area contributed by atoms with E-state index in [-0.39, 0.29) is 12.2 Å². The molecular weight excluding hydrogens is 386 g/mol. The predicted octanol–water partition coefficient (Wildman–Crippen LogP) is 4.22. The molecule has 1 aromatic heterocycles. The summed E-state index contributed by atoms with van der Waals surface area (Å²) in [6, 6.07) is 9.47. The minimum Gasteiger partial charge on any atom is -0.458 e. The number of aromatic amines is 1. The number of fused-ring (bicyclic) bond motifs is 1. The first-order valence-electron chi connectivity index (χ1n) is 9.64. The molecule has 0 unspecified atom stereocenters. The third kappa shape index (κ3) is 4.62. The molecule has 152 valence electrons. The quantitative estimate of drug-likeness (QED) is 0.222. The van der Waals surface area contributed by atoms with Crippen molar-refractivity contribution in [2.45, 2.75) is 37.8 Å². The second-order valence-corrected chi connectivity index (χ2v) is 7.81. The Morgan fingerprint density at radius 3 is 2.79 bits per heavy atom. The number of nitrogens with one attached hydrogen (secondary N) is 2. The summed E-state index contributed by atoms with van der Waals surface area (Å²) >= 11 is 1.52. The van der Waals surface area contributed by atoms with Gasteiger partial charge in [-0.2, -0.15) is 0 Å². The molecule has 0 bridgehead atoms. The van der Waals surface area contributed by atoms with E-state index in [1.54, 1.807) is 6.92 Å². The highest BCUT2D eigenvalue weighted by Gasteiger charge is 2.36. The normalized spacial score (nSPS) is 15.4. The van der Waals surface area contributed by atoms with Crippen molar-refractivity contribution >= 4 is 23.5 Å². The van der Waals surface area contributed by atoms with Crippen LogP contribution in [0, 0.1) is 0 Å². The second-order valence-electron chi connectivity index (χ2n) is 6.73. The molecule has 0 fully saturated rings. The SMILES string of the molecule is C=CCOC(=O)C1=C(C)Nc2nc(SCCCC)[nH]c(=O)c2[C@H]1c1ccccc1. The number of aromatic nitrogens is 2. The van der Waals surface area contributed by atoms with Crippen LogP contribution < -0.4 is 10.9 Å². The molecule has 2 heterocycles. The molecule has 0 saturated heterocycles. The minimum atomic E-state index is -0.560. The molecule has 1 aliphatic rings. The average molecular weight is 412 g/mol. The van der Waals surface area contributed by atoms with Crippen LogP contribution in [-0.2, 0) is 9.53 Å². The number of esters is 1. The van der Waals surface area contributed by atoms with E-state index in [4.69, 9.17) is 4.74 Å². The van der Waals surface area contributed by atoms with Gasteiger partial charge in [0.2, 0.25) is 0 Å². The third-order valence-corrected chi connectivity index (χ3v) is 5.60. The van der Waals surface area contributed by atoms with E-state index in [0.717, 1.165) is 24.2 Å². The first kappa shape index (κ1) is 20.9. The number of H-pyrrole nitrogens is 1. The summed E-state index contributed by atoms with van der Waals surface area (Å²) in [5, 5.41) is 3.72. The highest BCUT2D eigenvalue weighted by molar-refractivity contribution is 7.99. The maximum Gasteiger partial charge on any atom is 0.337 e. The Bertz CT molecular complexity index is 983. The number of benzene rings is 1. The van der Waals surface area contributed by atoms with Crippen molar-refractivity contribution in [2.75, 3.05) is 17.7 Å². The van der Waals surface area contributed by atoms with Crippen LogP contribution in [0.25, 0.3) is 0 Å². The van der Waals surface area contributed by atoms with Crippen molar-refractivity contribution in [1.82, 2.24) is 9.97 Å². The molecule has 2 N–H and O–H groups in total. The second kappa shape index (κ2) is 9.60. The van der Waals surface area contributed by atoms with Crippen molar-refractivity contribution in [3.63, 3.8) is 0 Å². The summed E-state index contributed by atoms with van der Waals surface area (Å²) in [6.45, 7) is 7.61. The molecule has 0 saturated carbocycles. The largest absolute Gasteiger partial charge is 0.458 e. The number of anilines is 1. The summed E-state index contributed by atoms with van der Waals surface area (Å²) in [4.78, 5) is 33.4. The fourth-order valence-corrected chi connectivity index (χ4v) is 4.22. The lowest BCUT2D eigenvalue weighted by Crippen LogP contribution is -2.31. The Hall–Kier alpha value is -2.80. The first-order chi connectivity index (χ1) is 14.1. The lowest BCUT2D eigenvalue weighted by Gasteiger charge is -2.28. The number of rotatable bonds is 8. The molecule has 1 aliphatic heterocycles. The number of hydrogen-bond donors (Lipinski definition) is 2. The zero-order chi connectivity index (χ0) is 20.8. The van der Waals surface area contributed by atoms with E-state index in [0.29, 0.717) is 27.8 Å². The van der Waals surface area contributed by atoms with Crippen LogP contribution in [0.15, 0.2) is 64.2 Å². The van der Waals surface area contributed by atoms with Crippen molar-refractivity contribution in [3.8, 4) is 0 Å². The number of allylic oxidation sites excluding steroid dienone is 1. The maximum absolute atomic E-state index is 13.1. The molecule has 3 rings (SSSR count). The van der Waals surface area contributed by atoms with Crippen LogP contribution in [0.5, 0.6) is 0 Å². The van der Waals surface area contributed by atoms with Gasteiger partial charge in [0.1, 0.15) is 12.4 Å². The van der Waals surface area contributed by atoms with Gasteiger partial charge in [-0.05, 0) is 18.9 Å². The fraction of sp³-hybridized carbons (Fsp3) is 0.318. The minimum absolute atomic E-state index is 0.103. The van der Waals surface area contributed by atoms with Crippen molar-refractivity contribution < 1.29 is 9.53 Å². The van der Waals surface area contributed by atoms with Gasteiger partial charge >= 0.3 is 5.97 Å². The smallest absolute Gasteiger partial charge is 0.337 e. The van der Waals surface area contributed by atoms with Gasteiger partial charge in [-0.1, -0.05) is 68.1 Å². The highest BCUT2D eigenvalue weighted by atomic mass is 32.2. The zero-order valence-corrected chi connectivity index (χ0v) is 17.5. The van der Waals surface area contributed by atoms with E-state index in [9.17, 15) is 9.59 Å². The predicted molar refractivity (Wildman–Crippen MR) is 116 cm³/mol. The molecule has 0 radical (unpaired) electrons. The van der Waals surface area contributed by atoms with Crippen molar-refractivity contribution in [3.05, 3.63) is 75.7 Å². The van der Waals surface area contributed by atoms with Crippen LogP contribution in [-0.4, -0.2) is 28.3 Å². The standard InChI is InChI=1S/C22H25N3O3S/c1-4-6-13-29-22-24-19-18(20(26)25-22)17(15-10-8-7-9-11-15)16(14(3)23-19)21(27)28-12-5-2/h5,7-11,17H,2,4,6,12-13H2,1,3H3,(H2,23,24,25,26)/t17-/m0/s1. The maximum atomic E-state index is 13.1. The van der Waals surface area contributed by atoms with Gasteiger partial charge in [-0.15, -0.1) is 0 Å². The molecule has 29 heavy (non-hydrogen) atoms. The van der Waals surface area contributed by atoms with Crippen LogP contribution in [0.4, 0.5) is 5.82 Å². The lowest BCUT2D eigenvalue weighted by atomic mass is 9.82. The van der Waals surface area contributed by atoms with Crippen LogP contribution in [0.1, 0.15) is 43.7 Å². The Balaban J connectivity index is 2.09. The van der Waals surface area contributed by atoms with E-state index in [1.165, 1.54) is 17.8 Å². The monoisotopic (exact) mass is 411 g/mol. The zero-order valence-electron chi connectivity index (χ0n) is 16.7. The van der Waals surface area contributed by atoms with E-state index < -0.39 is 11.9 Å². The molecule has 1 atom stereocenters. The molecule has 0 aliphatic carbocycles. The number of carbonyl (C=O) groups excluding carboxylic acids is 1. The van der Waals surface area contributed by atoms with Gasteiger partial charge < -0.3 is 15.0 Å². The van der Waals surface area contributed by atoms with E-state index >= 15 is 0 Å². The molecule has 6 nitrogen and oxygen atoms in total. The summed E-state index contributed by atoms with van der Waals surface area (Å²) in [6.07, 6.45) is 3.64. The summed E-state index contributed by atoms with van der Waals surface area (Å²) in [5.74, 6) is 0.333. The number of hydrogen-bond acceptors (Lipinski definition) is 6. The van der Waals surface area contributed by atoms with Crippen LogP contribution in [0.3, 0.4) is 0 Å². The van der Waals surface area contributed by atoms with Gasteiger partial charge in [0.15, 0.2) is 5.16 Å². The topological polar surface area (TPSA) is 84.1 Å². The average Bonchev–Trinajstić information content (AvgIpc) is 2.71. The van der Waals surface area contributed by atoms with Gasteiger partial charge in [-0.3, -0.25) is 4.79 Å².